The molecule has 1 aromatic heterocycles. The number of esters is 1. The topological polar surface area (TPSA) is 39.2 Å². The van der Waals surface area contributed by atoms with Crippen molar-refractivity contribution in [2.45, 2.75) is 19.0 Å². The smallest absolute Gasteiger partial charge is 0.419 e. The van der Waals surface area contributed by atoms with Crippen LogP contribution in [0.5, 0.6) is 0 Å². The van der Waals surface area contributed by atoms with Crippen molar-refractivity contribution >= 4 is 21.9 Å². The third kappa shape index (κ3) is 3.62. The van der Waals surface area contributed by atoms with Crippen LogP contribution < -0.4 is 0 Å². The molecule has 0 aliphatic rings. The average Bonchev–Trinajstić information content (AvgIpc) is 2.28. The lowest BCUT2D eigenvalue weighted by Gasteiger charge is -2.16. The molecule has 0 radical (unpaired) electrons. The highest BCUT2D eigenvalue weighted by Crippen LogP contribution is 2.41. The fraction of sp³-hybridized carbons (Fsp3) is 0.400. The number of alkyl halides is 5. The lowest BCUT2D eigenvalue weighted by atomic mass is 10.0. The van der Waals surface area contributed by atoms with E-state index < -0.39 is 46.3 Å². The molecule has 0 bridgehead atoms. The summed E-state index contributed by atoms with van der Waals surface area (Å²) in [5.41, 5.74) is -3.36. The van der Waals surface area contributed by atoms with Gasteiger partial charge in [0.25, 0.3) is 6.43 Å². The summed E-state index contributed by atoms with van der Waals surface area (Å²) in [5.74, 6) is -0.931. The van der Waals surface area contributed by atoms with Crippen LogP contribution in [0, 0.1) is 0 Å². The van der Waals surface area contributed by atoms with E-state index in [2.05, 4.69) is 25.7 Å². The van der Waals surface area contributed by atoms with Crippen LogP contribution in [0.1, 0.15) is 23.1 Å². The number of pyridine rings is 1. The largest absolute Gasteiger partial charge is 0.469 e. The lowest BCUT2D eigenvalue weighted by molar-refractivity contribution is -0.142. The number of carbonyl (C=O) groups excluding carboxylic acids is 1. The molecule has 1 aromatic rings. The van der Waals surface area contributed by atoms with Crippen LogP contribution in [0.2, 0.25) is 0 Å². The molecular formula is C10H7BrF5NO2. The quantitative estimate of drug-likeness (QED) is 0.477. The number of nitrogens with zero attached hydrogens (tertiary/aromatic N) is 1. The number of rotatable bonds is 3. The number of hydrogen-bond donors (Lipinski definition) is 0. The maximum atomic E-state index is 12.9. The van der Waals surface area contributed by atoms with Crippen molar-refractivity contribution in [3.63, 3.8) is 0 Å². The normalized spacial score (nSPS) is 11.8. The van der Waals surface area contributed by atoms with Gasteiger partial charge in [-0.25, -0.2) is 13.8 Å². The molecule has 19 heavy (non-hydrogen) atoms. The third-order valence-electron chi connectivity index (χ3n) is 2.22. The summed E-state index contributed by atoms with van der Waals surface area (Å²) in [6.45, 7) is 0. The van der Waals surface area contributed by atoms with Gasteiger partial charge in [0.2, 0.25) is 0 Å². The molecule has 0 saturated carbocycles. The Labute approximate surface area is 112 Å². The van der Waals surface area contributed by atoms with Crippen LogP contribution in [0.3, 0.4) is 0 Å². The predicted octanol–water partition coefficient (Wildman–Crippen LogP) is 3.52. The number of hydrogen-bond acceptors (Lipinski definition) is 3. The van der Waals surface area contributed by atoms with Gasteiger partial charge in [0.1, 0.15) is 4.60 Å². The van der Waals surface area contributed by atoms with Gasteiger partial charge in [-0.05, 0) is 21.5 Å². The Bertz CT molecular complexity index is 490. The van der Waals surface area contributed by atoms with Gasteiger partial charge in [0.05, 0.1) is 19.1 Å². The van der Waals surface area contributed by atoms with Crippen molar-refractivity contribution in [2.75, 3.05) is 7.11 Å². The first-order valence-corrected chi connectivity index (χ1v) is 5.57. The Hall–Kier alpha value is -1.25. The van der Waals surface area contributed by atoms with Crippen LogP contribution >= 0.6 is 15.9 Å². The molecule has 0 amide bonds. The van der Waals surface area contributed by atoms with E-state index >= 15 is 0 Å². The summed E-state index contributed by atoms with van der Waals surface area (Å²) in [6.07, 6.45) is -8.32. The third-order valence-corrected chi connectivity index (χ3v) is 2.82. The minimum atomic E-state index is -5.01. The molecule has 106 valence electrons. The second-order valence-corrected chi connectivity index (χ2v) is 4.17. The minimum absolute atomic E-state index is 0.516. The number of halogens is 6. The Morgan fingerprint density at radius 1 is 1.47 bits per heavy atom. The Balaban J connectivity index is 3.46. The number of ether oxygens (including phenoxy) is 1. The minimum Gasteiger partial charge on any atom is -0.469 e. The molecule has 0 unspecified atom stereocenters. The van der Waals surface area contributed by atoms with Gasteiger partial charge in [-0.3, -0.25) is 4.79 Å². The molecule has 0 atom stereocenters. The highest BCUT2D eigenvalue weighted by molar-refractivity contribution is 9.10. The molecule has 1 rings (SSSR count). The molecule has 0 N–H and O–H groups in total. The van der Waals surface area contributed by atoms with E-state index in [1.54, 1.807) is 0 Å². The zero-order chi connectivity index (χ0) is 14.8. The first kappa shape index (κ1) is 15.8. The summed E-state index contributed by atoms with van der Waals surface area (Å²) in [7, 11) is 1.00. The van der Waals surface area contributed by atoms with Crippen molar-refractivity contribution in [3.8, 4) is 0 Å². The number of methoxy groups -OCH3 is 1. The molecule has 0 spiro atoms. The highest BCUT2D eigenvalue weighted by atomic mass is 79.9. The standard InChI is InChI=1S/C10H7BrF5NO2/c1-19-5(18)2-4-3-17-8(11)7(10(14,15)16)6(4)9(12)13/h3,9H,2H2,1H3. The maximum absolute atomic E-state index is 12.9. The van der Waals surface area contributed by atoms with Crippen molar-refractivity contribution in [2.24, 2.45) is 0 Å². The van der Waals surface area contributed by atoms with E-state index in [4.69, 9.17) is 0 Å². The van der Waals surface area contributed by atoms with Gasteiger partial charge in [-0.15, -0.1) is 0 Å². The van der Waals surface area contributed by atoms with Crippen molar-refractivity contribution in [1.82, 2.24) is 4.98 Å². The van der Waals surface area contributed by atoms with Crippen LogP contribution in [0.4, 0.5) is 22.0 Å². The zero-order valence-electron chi connectivity index (χ0n) is 9.39. The fourth-order valence-electron chi connectivity index (χ4n) is 1.43. The summed E-state index contributed by atoms with van der Waals surface area (Å²) in [4.78, 5) is 14.3. The molecule has 0 aliphatic carbocycles. The summed E-state index contributed by atoms with van der Waals surface area (Å²) >= 11 is 2.49. The Kier molecular flexibility index (Phi) is 4.83. The molecular weight excluding hydrogens is 341 g/mol. The molecule has 9 heteroatoms. The van der Waals surface area contributed by atoms with E-state index in [1.807, 2.05) is 0 Å². The van der Waals surface area contributed by atoms with E-state index in [9.17, 15) is 26.7 Å². The van der Waals surface area contributed by atoms with Crippen LogP contribution in [0.25, 0.3) is 0 Å². The van der Waals surface area contributed by atoms with Gasteiger partial charge < -0.3 is 4.74 Å². The summed E-state index contributed by atoms with van der Waals surface area (Å²) in [6, 6.07) is 0. The second-order valence-electron chi connectivity index (χ2n) is 3.41. The fourth-order valence-corrected chi connectivity index (χ4v) is 1.97. The zero-order valence-corrected chi connectivity index (χ0v) is 11.0. The highest BCUT2D eigenvalue weighted by Gasteiger charge is 2.40. The van der Waals surface area contributed by atoms with Crippen molar-refractivity contribution in [1.29, 1.82) is 0 Å². The van der Waals surface area contributed by atoms with Crippen LogP contribution in [0.15, 0.2) is 10.8 Å². The van der Waals surface area contributed by atoms with Crippen molar-refractivity contribution in [3.05, 3.63) is 27.5 Å². The van der Waals surface area contributed by atoms with E-state index in [0.717, 1.165) is 13.3 Å². The maximum Gasteiger partial charge on any atom is 0.419 e. The molecule has 0 fully saturated rings. The average molecular weight is 348 g/mol. The predicted molar refractivity (Wildman–Crippen MR) is 57.6 cm³/mol. The SMILES string of the molecule is COC(=O)Cc1cnc(Br)c(C(F)(F)F)c1C(F)F. The first-order valence-electron chi connectivity index (χ1n) is 4.78. The van der Waals surface area contributed by atoms with Gasteiger partial charge in [0, 0.05) is 11.8 Å². The Morgan fingerprint density at radius 3 is 2.47 bits per heavy atom. The molecule has 0 aliphatic heterocycles. The van der Waals surface area contributed by atoms with E-state index in [-0.39, 0.29) is 0 Å². The Morgan fingerprint density at radius 2 is 2.05 bits per heavy atom. The van der Waals surface area contributed by atoms with Crippen LogP contribution in [-0.4, -0.2) is 18.1 Å². The molecule has 0 aromatic carbocycles. The van der Waals surface area contributed by atoms with E-state index in [0.29, 0.717) is 0 Å². The number of aromatic nitrogens is 1. The van der Waals surface area contributed by atoms with Gasteiger partial charge >= 0.3 is 12.1 Å². The van der Waals surface area contributed by atoms with Crippen LogP contribution in [-0.2, 0) is 22.1 Å². The monoisotopic (exact) mass is 347 g/mol. The lowest BCUT2D eigenvalue weighted by Crippen LogP contribution is -2.16. The molecule has 0 saturated heterocycles. The van der Waals surface area contributed by atoms with Gasteiger partial charge in [-0.2, -0.15) is 13.2 Å². The molecule has 3 nitrogen and oxygen atoms in total. The molecule has 1 heterocycles. The summed E-state index contributed by atoms with van der Waals surface area (Å²) in [5, 5.41) is 0. The van der Waals surface area contributed by atoms with Gasteiger partial charge in [0.15, 0.2) is 0 Å². The van der Waals surface area contributed by atoms with Crippen molar-refractivity contribution < 1.29 is 31.5 Å². The van der Waals surface area contributed by atoms with E-state index in [1.165, 1.54) is 0 Å². The van der Waals surface area contributed by atoms with Gasteiger partial charge in [-0.1, -0.05) is 0 Å². The first-order chi connectivity index (χ1) is 8.68. The summed E-state index contributed by atoms with van der Waals surface area (Å²) < 4.78 is 67.4. The second kappa shape index (κ2) is 5.81. The number of carbonyl (C=O) groups is 1.